The third kappa shape index (κ3) is 2.77. The molecule has 1 nitrogen and oxygen atoms in total. The van der Waals surface area contributed by atoms with Crippen LogP contribution in [0.4, 0.5) is 5.69 Å². The molecule has 2 N–H and O–H groups in total. The fraction of sp³-hybridized carbons (Fsp3) is 0.0588. The highest BCUT2D eigenvalue weighted by Gasteiger charge is 2.04. The van der Waals surface area contributed by atoms with Crippen molar-refractivity contribution in [3.63, 3.8) is 0 Å². The quantitative estimate of drug-likeness (QED) is 0.520. The van der Waals surface area contributed by atoms with E-state index in [4.69, 9.17) is 17.3 Å². The summed E-state index contributed by atoms with van der Waals surface area (Å²) in [6.45, 7) is 0. The summed E-state index contributed by atoms with van der Waals surface area (Å²) in [5, 5.41) is 3.29. The Kier molecular flexibility index (Phi) is 3.86. The van der Waals surface area contributed by atoms with E-state index < -0.39 is 0 Å². The number of anilines is 1. The number of thioether (sulfide) groups is 1. The van der Waals surface area contributed by atoms with E-state index in [0.29, 0.717) is 5.69 Å². The van der Waals surface area contributed by atoms with Crippen LogP contribution in [0.2, 0.25) is 5.02 Å². The van der Waals surface area contributed by atoms with Gasteiger partial charge in [-0.25, -0.2) is 0 Å². The monoisotopic (exact) mass is 299 g/mol. The van der Waals surface area contributed by atoms with Crippen molar-refractivity contribution >= 4 is 39.8 Å². The van der Waals surface area contributed by atoms with E-state index in [2.05, 4.69) is 42.5 Å². The first-order chi connectivity index (χ1) is 9.74. The van der Waals surface area contributed by atoms with Gasteiger partial charge in [-0.1, -0.05) is 54.1 Å². The first-order valence-corrected chi connectivity index (χ1v) is 7.75. The van der Waals surface area contributed by atoms with E-state index in [0.717, 1.165) is 15.7 Å². The third-order valence-electron chi connectivity index (χ3n) is 3.22. The molecule has 3 rings (SSSR count). The highest BCUT2D eigenvalue weighted by atomic mass is 35.5. The summed E-state index contributed by atoms with van der Waals surface area (Å²) in [6.07, 6.45) is 0. The maximum Gasteiger partial charge on any atom is 0.0562 e. The molecule has 0 bridgehead atoms. The molecule has 0 aliphatic carbocycles. The molecule has 0 spiro atoms. The normalized spacial score (nSPS) is 10.8. The predicted octanol–water partition coefficient (Wildman–Crippen LogP) is 5.37. The smallest absolute Gasteiger partial charge is 0.0562 e. The van der Waals surface area contributed by atoms with Gasteiger partial charge in [0.2, 0.25) is 0 Å². The van der Waals surface area contributed by atoms with Gasteiger partial charge in [0.25, 0.3) is 0 Å². The zero-order valence-electron chi connectivity index (χ0n) is 10.8. The molecule has 3 aromatic rings. The van der Waals surface area contributed by atoms with Crippen molar-refractivity contribution < 1.29 is 0 Å². The second-order valence-electron chi connectivity index (χ2n) is 4.62. The minimum absolute atomic E-state index is 0.699. The maximum absolute atomic E-state index is 6.21. The highest BCUT2D eigenvalue weighted by molar-refractivity contribution is 7.98. The lowest BCUT2D eigenvalue weighted by Crippen LogP contribution is -1.87. The summed E-state index contributed by atoms with van der Waals surface area (Å²) < 4.78 is 0. The molecule has 100 valence electrons. The second kappa shape index (κ2) is 5.78. The van der Waals surface area contributed by atoms with Gasteiger partial charge in [0, 0.05) is 16.3 Å². The standard InChI is InChI=1S/C17H14ClNS/c18-16-10-14(19)8-9-17(16)20-11-13-6-3-5-12-4-1-2-7-15(12)13/h1-10H,11,19H2. The highest BCUT2D eigenvalue weighted by Crippen LogP contribution is 2.32. The average molecular weight is 300 g/mol. The van der Waals surface area contributed by atoms with Crippen LogP contribution in [-0.2, 0) is 5.75 Å². The van der Waals surface area contributed by atoms with Crippen LogP contribution in [0, 0.1) is 0 Å². The van der Waals surface area contributed by atoms with E-state index in [-0.39, 0.29) is 0 Å². The van der Waals surface area contributed by atoms with Crippen LogP contribution < -0.4 is 5.73 Å². The van der Waals surface area contributed by atoms with Gasteiger partial charge in [-0.15, -0.1) is 11.8 Å². The minimum atomic E-state index is 0.699. The van der Waals surface area contributed by atoms with E-state index in [1.54, 1.807) is 17.8 Å². The molecule has 0 aliphatic heterocycles. The number of hydrogen-bond acceptors (Lipinski definition) is 2. The van der Waals surface area contributed by atoms with Crippen LogP contribution in [0.1, 0.15) is 5.56 Å². The summed E-state index contributed by atoms with van der Waals surface area (Å²) in [6, 6.07) is 20.5. The minimum Gasteiger partial charge on any atom is -0.399 e. The Labute approximate surface area is 127 Å². The van der Waals surface area contributed by atoms with Crippen molar-refractivity contribution in [3.05, 3.63) is 71.2 Å². The van der Waals surface area contributed by atoms with Crippen molar-refractivity contribution in [1.82, 2.24) is 0 Å². The Hall–Kier alpha value is -1.64. The molecule has 0 saturated carbocycles. The lowest BCUT2D eigenvalue weighted by atomic mass is 10.1. The fourth-order valence-electron chi connectivity index (χ4n) is 2.21. The predicted molar refractivity (Wildman–Crippen MR) is 89.4 cm³/mol. The molecule has 0 aromatic heterocycles. The summed E-state index contributed by atoms with van der Waals surface area (Å²) in [5.74, 6) is 0.894. The zero-order valence-corrected chi connectivity index (χ0v) is 12.4. The van der Waals surface area contributed by atoms with Crippen LogP contribution in [0.25, 0.3) is 10.8 Å². The van der Waals surface area contributed by atoms with E-state index in [9.17, 15) is 0 Å². The molecule has 0 aliphatic rings. The van der Waals surface area contributed by atoms with Gasteiger partial charge in [0.05, 0.1) is 5.02 Å². The van der Waals surface area contributed by atoms with Gasteiger partial charge in [-0.3, -0.25) is 0 Å². The maximum atomic E-state index is 6.21. The summed E-state index contributed by atoms with van der Waals surface area (Å²) >= 11 is 7.95. The number of nitrogen functional groups attached to an aromatic ring is 1. The number of nitrogens with two attached hydrogens (primary N) is 1. The SMILES string of the molecule is Nc1ccc(SCc2cccc3ccccc23)c(Cl)c1. The second-order valence-corrected chi connectivity index (χ2v) is 6.04. The van der Waals surface area contributed by atoms with E-state index in [1.807, 2.05) is 12.1 Å². The average Bonchev–Trinajstić information content (AvgIpc) is 2.46. The Morgan fingerprint density at radius 2 is 1.75 bits per heavy atom. The molecule has 3 aromatic carbocycles. The molecule has 0 atom stereocenters. The molecule has 20 heavy (non-hydrogen) atoms. The van der Waals surface area contributed by atoms with Crippen molar-refractivity contribution in [1.29, 1.82) is 0 Å². The van der Waals surface area contributed by atoms with Crippen LogP contribution in [0.5, 0.6) is 0 Å². The number of fused-ring (bicyclic) bond motifs is 1. The van der Waals surface area contributed by atoms with Crippen molar-refractivity contribution in [2.45, 2.75) is 10.6 Å². The van der Waals surface area contributed by atoms with Gasteiger partial charge in [0.1, 0.15) is 0 Å². The topological polar surface area (TPSA) is 26.0 Å². The number of benzene rings is 3. The largest absolute Gasteiger partial charge is 0.399 e. The van der Waals surface area contributed by atoms with Gasteiger partial charge >= 0.3 is 0 Å². The Bertz CT molecular complexity index is 750. The van der Waals surface area contributed by atoms with Gasteiger partial charge in [-0.2, -0.15) is 0 Å². The van der Waals surface area contributed by atoms with E-state index >= 15 is 0 Å². The molecule has 0 heterocycles. The van der Waals surface area contributed by atoms with Gasteiger partial charge in [0.15, 0.2) is 0 Å². The van der Waals surface area contributed by atoms with Crippen molar-refractivity contribution in [2.75, 3.05) is 5.73 Å². The summed E-state index contributed by atoms with van der Waals surface area (Å²) in [4.78, 5) is 1.06. The van der Waals surface area contributed by atoms with Crippen LogP contribution in [-0.4, -0.2) is 0 Å². The molecule has 0 saturated heterocycles. The fourth-order valence-corrected chi connectivity index (χ4v) is 3.48. The van der Waals surface area contributed by atoms with E-state index in [1.165, 1.54) is 16.3 Å². The van der Waals surface area contributed by atoms with Crippen LogP contribution in [0.15, 0.2) is 65.6 Å². The Balaban J connectivity index is 1.87. The first-order valence-electron chi connectivity index (χ1n) is 6.38. The van der Waals surface area contributed by atoms with Crippen molar-refractivity contribution in [3.8, 4) is 0 Å². The van der Waals surface area contributed by atoms with Crippen molar-refractivity contribution in [2.24, 2.45) is 0 Å². The number of halogens is 1. The number of hydrogen-bond donors (Lipinski definition) is 1. The summed E-state index contributed by atoms with van der Waals surface area (Å²) in [7, 11) is 0. The molecule has 0 radical (unpaired) electrons. The Morgan fingerprint density at radius 3 is 2.60 bits per heavy atom. The van der Waals surface area contributed by atoms with Crippen LogP contribution in [0.3, 0.4) is 0 Å². The van der Waals surface area contributed by atoms with Gasteiger partial charge < -0.3 is 5.73 Å². The molecule has 0 unspecified atom stereocenters. The third-order valence-corrected chi connectivity index (χ3v) is 4.77. The van der Waals surface area contributed by atoms with Gasteiger partial charge in [-0.05, 0) is 34.5 Å². The number of rotatable bonds is 3. The lowest BCUT2D eigenvalue weighted by molar-refractivity contribution is 1.41. The molecule has 0 fully saturated rings. The van der Waals surface area contributed by atoms with Crippen LogP contribution >= 0.6 is 23.4 Å². The zero-order chi connectivity index (χ0) is 13.9. The molecular weight excluding hydrogens is 286 g/mol. The molecule has 3 heteroatoms. The Morgan fingerprint density at radius 1 is 0.950 bits per heavy atom. The lowest BCUT2D eigenvalue weighted by Gasteiger charge is -2.08. The summed E-state index contributed by atoms with van der Waals surface area (Å²) in [5.41, 5.74) is 7.73. The molecule has 0 amide bonds. The first kappa shape index (κ1) is 13.3. The molecular formula is C17H14ClNS.